The average Bonchev–Trinajstić information content (AvgIpc) is 3.12. The highest BCUT2D eigenvalue weighted by Gasteiger charge is 2.19. The standard InChI is InChI=1S/C18H17N5O3S/c1-11(16(25)21-15-7-5-14(6-8-15)20-12(2)24)27-18-23-22-17(26-18)13-4-3-9-19-10-13/h3-11H,1-2H3,(H,20,24)(H,21,25)/t11-/m1/s1. The van der Waals surface area contributed by atoms with Crippen molar-refractivity contribution in [2.24, 2.45) is 0 Å². The second-order valence-corrected chi connectivity index (χ2v) is 6.91. The van der Waals surface area contributed by atoms with E-state index in [2.05, 4.69) is 25.8 Å². The first-order valence-electron chi connectivity index (χ1n) is 8.10. The van der Waals surface area contributed by atoms with Crippen molar-refractivity contribution < 1.29 is 14.0 Å². The van der Waals surface area contributed by atoms with Crippen LogP contribution in [0.15, 0.2) is 58.4 Å². The Hall–Kier alpha value is -3.20. The van der Waals surface area contributed by atoms with E-state index in [1.165, 1.54) is 18.7 Å². The Morgan fingerprint density at radius 3 is 2.41 bits per heavy atom. The molecule has 0 saturated carbocycles. The summed E-state index contributed by atoms with van der Waals surface area (Å²) in [5.41, 5.74) is 2.01. The van der Waals surface area contributed by atoms with Gasteiger partial charge in [-0.15, -0.1) is 10.2 Å². The zero-order valence-corrected chi connectivity index (χ0v) is 15.5. The summed E-state index contributed by atoms with van der Waals surface area (Å²) < 4.78 is 5.57. The van der Waals surface area contributed by atoms with E-state index in [-0.39, 0.29) is 11.8 Å². The van der Waals surface area contributed by atoms with Crippen LogP contribution in [0.5, 0.6) is 0 Å². The number of hydrogen-bond acceptors (Lipinski definition) is 7. The van der Waals surface area contributed by atoms with Gasteiger partial charge in [0.1, 0.15) is 0 Å². The molecule has 1 atom stereocenters. The van der Waals surface area contributed by atoms with Crippen molar-refractivity contribution in [3.05, 3.63) is 48.8 Å². The summed E-state index contributed by atoms with van der Waals surface area (Å²) in [6.07, 6.45) is 3.29. The highest BCUT2D eigenvalue weighted by molar-refractivity contribution is 8.00. The summed E-state index contributed by atoms with van der Waals surface area (Å²) in [4.78, 5) is 27.4. The van der Waals surface area contributed by atoms with Crippen LogP contribution in [0.25, 0.3) is 11.5 Å². The van der Waals surface area contributed by atoms with Crippen molar-refractivity contribution in [1.82, 2.24) is 15.2 Å². The van der Waals surface area contributed by atoms with E-state index in [1.54, 1.807) is 49.6 Å². The van der Waals surface area contributed by atoms with Crippen LogP contribution < -0.4 is 10.6 Å². The van der Waals surface area contributed by atoms with Crippen LogP contribution in [-0.2, 0) is 9.59 Å². The molecule has 3 aromatic rings. The Kier molecular flexibility index (Phi) is 5.82. The number of pyridine rings is 1. The number of benzene rings is 1. The number of thioether (sulfide) groups is 1. The predicted molar refractivity (Wildman–Crippen MR) is 102 cm³/mol. The van der Waals surface area contributed by atoms with Crippen molar-refractivity contribution in [2.45, 2.75) is 24.3 Å². The van der Waals surface area contributed by atoms with E-state index in [9.17, 15) is 9.59 Å². The van der Waals surface area contributed by atoms with E-state index >= 15 is 0 Å². The summed E-state index contributed by atoms with van der Waals surface area (Å²) in [6.45, 7) is 3.19. The van der Waals surface area contributed by atoms with Crippen LogP contribution in [0, 0.1) is 0 Å². The Bertz CT molecular complexity index is 928. The zero-order chi connectivity index (χ0) is 19.2. The lowest BCUT2D eigenvalue weighted by Crippen LogP contribution is -2.22. The van der Waals surface area contributed by atoms with E-state index in [0.717, 1.165) is 0 Å². The van der Waals surface area contributed by atoms with Gasteiger partial charge in [-0.1, -0.05) is 11.8 Å². The average molecular weight is 383 g/mol. The Morgan fingerprint density at radius 2 is 1.78 bits per heavy atom. The van der Waals surface area contributed by atoms with Crippen LogP contribution in [0.1, 0.15) is 13.8 Å². The quantitative estimate of drug-likeness (QED) is 0.629. The van der Waals surface area contributed by atoms with Gasteiger partial charge in [0, 0.05) is 30.7 Å². The first kappa shape index (κ1) is 18.6. The first-order chi connectivity index (χ1) is 13.0. The number of carbonyl (C=O) groups is 2. The lowest BCUT2D eigenvalue weighted by Gasteiger charge is -2.10. The molecule has 138 valence electrons. The van der Waals surface area contributed by atoms with Crippen LogP contribution in [-0.4, -0.2) is 32.2 Å². The third-order valence-electron chi connectivity index (χ3n) is 3.43. The highest BCUT2D eigenvalue weighted by Crippen LogP contribution is 2.26. The number of aromatic nitrogens is 3. The van der Waals surface area contributed by atoms with Crippen LogP contribution in [0.3, 0.4) is 0 Å². The Morgan fingerprint density at radius 1 is 1.07 bits per heavy atom. The maximum atomic E-state index is 12.4. The van der Waals surface area contributed by atoms with Gasteiger partial charge in [-0.3, -0.25) is 14.6 Å². The summed E-state index contributed by atoms with van der Waals surface area (Å²) in [5, 5.41) is 13.3. The largest absolute Gasteiger partial charge is 0.411 e. The topological polar surface area (TPSA) is 110 Å². The van der Waals surface area contributed by atoms with Gasteiger partial charge in [0.2, 0.25) is 17.7 Å². The molecule has 0 saturated heterocycles. The number of carbonyl (C=O) groups excluding carboxylic acids is 2. The third kappa shape index (κ3) is 5.14. The van der Waals surface area contributed by atoms with Gasteiger partial charge in [-0.05, 0) is 43.3 Å². The number of rotatable bonds is 6. The molecule has 9 heteroatoms. The molecule has 3 rings (SSSR count). The lowest BCUT2D eigenvalue weighted by atomic mass is 10.2. The summed E-state index contributed by atoms with van der Waals surface area (Å²) >= 11 is 1.17. The van der Waals surface area contributed by atoms with Gasteiger partial charge in [0.15, 0.2) is 0 Å². The van der Waals surface area contributed by atoms with Gasteiger partial charge in [-0.2, -0.15) is 0 Å². The fraction of sp³-hybridized carbons (Fsp3) is 0.167. The molecule has 0 radical (unpaired) electrons. The molecule has 0 aliphatic carbocycles. The second-order valence-electron chi connectivity index (χ2n) is 5.62. The minimum atomic E-state index is -0.442. The molecule has 0 aliphatic rings. The minimum Gasteiger partial charge on any atom is -0.411 e. The van der Waals surface area contributed by atoms with Crippen molar-refractivity contribution in [1.29, 1.82) is 0 Å². The number of anilines is 2. The Balaban J connectivity index is 1.58. The number of nitrogens with zero attached hydrogens (tertiary/aromatic N) is 3. The smallest absolute Gasteiger partial charge is 0.277 e. The number of nitrogens with one attached hydrogen (secondary N) is 2. The minimum absolute atomic E-state index is 0.151. The van der Waals surface area contributed by atoms with Crippen LogP contribution in [0.2, 0.25) is 0 Å². The Labute approximate surface area is 159 Å². The van der Waals surface area contributed by atoms with Gasteiger partial charge < -0.3 is 15.1 Å². The normalized spacial score (nSPS) is 11.6. The molecule has 2 heterocycles. The summed E-state index contributed by atoms with van der Waals surface area (Å²) in [7, 11) is 0. The summed E-state index contributed by atoms with van der Waals surface area (Å²) in [6, 6.07) is 10.5. The molecule has 0 bridgehead atoms. The molecule has 0 unspecified atom stereocenters. The summed E-state index contributed by atoms with van der Waals surface area (Å²) in [5.74, 6) is 0.00203. The van der Waals surface area contributed by atoms with Gasteiger partial charge in [0.05, 0.1) is 10.8 Å². The number of amides is 2. The molecular weight excluding hydrogens is 366 g/mol. The highest BCUT2D eigenvalue weighted by atomic mass is 32.2. The fourth-order valence-electron chi connectivity index (χ4n) is 2.15. The SMILES string of the molecule is CC(=O)Nc1ccc(NC(=O)[C@@H](C)Sc2nnc(-c3cccnc3)o2)cc1. The maximum Gasteiger partial charge on any atom is 0.277 e. The number of hydrogen-bond donors (Lipinski definition) is 2. The molecule has 8 nitrogen and oxygen atoms in total. The molecule has 1 aromatic carbocycles. The van der Waals surface area contributed by atoms with Gasteiger partial charge >= 0.3 is 0 Å². The van der Waals surface area contributed by atoms with Crippen molar-refractivity contribution in [3.8, 4) is 11.5 Å². The monoisotopic (exact) mass is 383 g/mol. The lowest BCUT2D eigenvalue weighted by molar-refractivity contribution is -0.115. The maximum absolute atomic E-state index is 12.4. The molecule has 27 heavy (non-hydrogen) atoms. The molecular formula is C18H17N5O3S. The zero-order valence-electron chi connectivity index (χ0n) is 14.7. The van der Waals surface area contributed by atoms with E-state index in [4.69, 9.17) is 4.42 Å². The molecule has 2 aromatic heterocycles. The van der Waals surface area contributed by atoms with Crippen LogP contribution >= 0.6 is 11.8 Å². The van der Waals surface area contributed by atoms with Gasteiger partial charge in [0.25, 0.3) is 5.22 Å². The molecule has 0 fully saturated rings. The molecule has 0 aliphatic heterocycles. The van der Waals surface area contributed by atoms with Gasteiger partial charge in [-0.25, -0.2) is 0 Å². The van der Waals surface area contributed by atoms with E-state index < -0.39 is 5.25 Å². The van der Waals surface area contributed by atoms with Crippen molar-refractivity contribution in [2.75, 3.05) is 10.6 Å². The fourth-order valence-corrected chi connectivity index (χ4v) is 2.84. The molecule has 0 spiro atoms. The second kappa shape index (κ2) is 8.45. The van der Waals surface area contributed by atoms with E-state index in [0.29, 0.717) is 28.1 Å². The van der Waals surface area contributed by atoms with Crippen molar-refractivity contribution >= 4 is 35.0 Å². The van der Waals surface area contributed by atoms with Crippen LogP contribution in [0.4, 0.5) is 11.4 Å². The van der Waals surface area contributed by atoms with Crippen molar-refractivity contribution in [3.63, 3.8) is 0 Å². The predicted octanol–water partition coefficient (Wildman–Crippen LogP) is 3.21. The first-order valence-corrected chi connectivity index (χ1v) is 8.98. The molecule has 2 N–H and O–H groups in total. The third-order valence-corrected chi connectivity index (χ3v) is 4.37. The van der Waals surface area contributed by atoms with E-state index in [1.807, 2.05) is 6.07 Å². The molecule has 2 amide bonds.